The second-order valence-electron chi connectivity index (χ2n) is 6.63. The van der Waals surface area contributed by atoms with Crippen LogP contribution in [0.2, 0.25) is 0 Å². The molecule has 0 spiro atoms. The molecule has 1 heteroatoms. The predicted octanol–water partition coefficient (Wildman–Crippen LogP) is 5.99. The lowest BCUT2D eigenvalue weighted by molar-refractivity contribution is 0.112. The van der Waals surface area contributed by atoms with Gasteiger partial charge in [0.15, 0.2) is 0 Å². The van der Waals surface area contributed by atoms with Gasteiger partial charge in [-0.3, -0.25) is 0 Å². The van der Waals surface area contributed by atoms with E-state index in [0.717, 1.165) is 12.8 Å². The SMILES string of the molecule is C#C.CC1(C)CCCCC1.CO[C@@H](C)CCC=C(C)C. The van der Waals surface area contributed by atoms with E-state index in [1.807, 2.05) is 0 Å². The summed E-state index contributed by atoms with van der Waals surface area (Å²) in [7, 11) is 1.76. The summed E-state index contributed by atoms with van der Waals surface area (Å²) in [4.78, 5) is 0. The van der Waals surface area contributed by atoms with Gasteiger partial charge in [0.1, 0.15) is 0 Å². The highest BCUT2D eigenvalue weighted by molar-refractivity contribution is 4.92. The highest BCUT2D eigenvalue weighted by Gasteiger charge is 2.19. The quantitative estimate of drug-likeness (QED) is 0.453. The lowest BCUT2D eigenvalue weighted by atomic mass is 9.78. The number of hydrogen-bond acceptors (Lipinski definition) is 1. The first-order valence-electron chi connectivity index (χ1n) is 7.87. The van der Waals surface area contributed by atoms with E-state index in [1.54, 1.807) is 7.11 Å². The van der Waals surface area contributed by atoms with Crippen LogP contribution in [-0.2, 0) is 4.74 Å². The van der Waals surface area contributed by atoms with Crippen LogP contribution < -0.4 is 0 Å². The summed E-state index contributed by atoms with van der Waals surface area (Å²) in [5, 5.41) is 0. The predicted molar refractivity (Wildman–Crippen MR) is 91.9 cm³/mol. The molecular weight excluding hydrogens is 244 g/mol. The van der Waals surface area contributed by atoms with Gasteiger partial charge in [0.25, 0.3) is 0 Å². The monoisotopic (exact) mass is 280 g/mol. The second kappa shape index (κ2) is 13.3. The summed E-state index contributed by atoms with van der Waals surface area (Å²) in [5.74, 6) is 0. The van der Waals surface area contributed by atoms with E-state index in [2.05, 4.69) is 53.5 Å². The normalized spacial score (nSPS) is 17.6. The van der Waals surface area contributed by atoms with Crippen LogP contribution >= 0.6 is 0 Å². The Morgan fingerprint density at radius 3 is 1.95 bits per heavy atom. The van der Waals surface area contributed by atoms with Gasteiger partial charge in [0, 0.05) is 7.11 Å². The smallest absolute Gasteiger partial charge is 0.0546 e. The summed E-state index contributed by atoms with van der Waals surface area (Å²) in [6, 6.07) is 0. The van der Waals surface area contributed by atoms with Crippen LogP contribution in [0.1, 0.15) is 79.6 Å². The Balaban J connectivity index is 0. The summed E-state index contributed by atoms with van der Waals surface area (Å²) < 4.78 is 5.10. The molecule has 1 nitrogen and oxygen atoms in total. The van der Waals surface area contributed by atoms with Crippen molar-refractivity contribution in [2.24, 2.45) is 5.41 Å². The van der Waals surface area contributed by atoms with Crippen LogP contribution in [0.25, 0.3) is 0 Å². The van der Waals surface area contributed by atoms with E-state index >= 15 is 0 Å². The molecule has 20 heavy (non-hydrogen) atoms. The standard InChI is InChI=1S/C9H18O.C8H16.C2H2/c1-8(2)6-5-7-9(3)10-4;1-8(2)6-4-3-5-7-8;1-2/h6,9H,5,7H2,1-4H3;3-7H2,1-2H3;1-2H/t9-;;/m0../s1. The van der Waals surface area contributed by atoms with Gasteiger partial charge in [-0.25, -0.2) is 0 Å². The number of ether oxygens (including phenoxy) is 1. The van der Waals surface area contributed by atoms with Crippen LogP contribution in [0.15, 0.2) is 11.6 Å². The molecule has 1 aliphatic rings. The first-order chi connectivity index (χ1) is 9.37. The van der Waals surface area contributed by atoms with Crippen molar-refractivity contribution in [2.75, 3.05) is 7.11 Å². The van der Waals surface area contributed by atoms with E-state index in [9.17, 15) is 0 Å². The van der Waals surface area contributed by atoms with Crippen molar-refractivity contribution in [3.05, 3.63) is 11.6 Å². The largest absolute Gasteiger partial charge is 0.382 e. The van der Waals surface area contributed by atoms with Crippen molar-refractivity contribution in [1.82, 2.24) is 0 Å². The van der Waals surface area contributed by atoms with Gasteiger partial charge in [0.2, 0.25) is 0 Å². The molecule has 0 N–H and O–H groups in total. The zero-order chi connectivity index (χ0) is 16.0. The highest BCUT2D eigenvalue weighted by Crippen LogP contribution is 2.34. The summed E-state index contributed by atoms with van der Waals surface area (Å²) in [6.45, 7) is 11.1. The molecule has 1 rings (SSSR count). The summed E-state index contributed by atoms with van der Waals surface area (Å²) >= 11 is 0. The van der Waals surface area contributed by atoms with Crippen LogP contribution in [0.4, 0.5) is 0 Å². The molecule has 1 aliphatic carbocycles. The Labute approximate surface area is 128 Å². The Kier molecular flexibility index (Phi) is 14.3. The van der Waals surface area contributed by atoms with Gasteiger partial charge in [-0.2, -0.15) is 0 Å². The molecule has 118 valence electrons. The first kappa shape index (κ1) is 21.6. The average Bonchev–Trinajstić information content (AvgIpc) is 2.41. The number of allylic oxidation sites excluding steroid dienone is 2. The average molecular weight is 280 g/mol. The molecular formula is C19H36O. The Morgan fingerprint density at radius 1 is 1.15 bits per heavy atom. The molecule has 0 aromatic heterocycles. The minimum atomic E-state index is 0.399. The van der Waals surface area contributed by atoms with Gasteiger partial charge < -0.3 is 4.74 Å². The highest BCUT2D eigenvalue weighted by atomic mass is 16.5. The topological polar surface area (TPSA) is 9.23 Å². The third-order valence-electron chi connectivity index (χ3n) is 3.74. The number of rotatable bonds is 4. The molecule has 0 aliphatic heterocycles. The van der Waals surface area contributed by atoms with Crippen molar-refractivity contribution in [3.8, 4) is 12.8 Å². The van der Waals surface area contributed by atoms with E-state index < -0.39 is 0 Å². The fourth-order valence-corrected chi connectivity index (χ4v) is 2.23. The second-order valence-corrected chi connectivity index (χ2v) is 6.63. The molecule has 0 aromatic rings. The third-order valence-corrected chi connectivity index (χ3v) is 3.74. The zero-order valence-corrected chi connectivity index (χ0v) is 14.7. The van der Waals surface area contributed by atoms with Crippen molar-refractivity contribution >= 4 is 0 Å². The molecule has 1 fully saturated rings. The van der Waals surface area contributed by atoms with Crippen LogP contribution in [0.5, 0.6) is 0 Å². The van der Waals surface area contributed by atoms with Crippen molar-refractivity contribution in [2.45, 2.75) is 85.7 Å². The Bertz CT molecular complexity index is 248. The lowest BCUT2D eigenvalue weighted by Gasteiger charge is -2.28. The fourth-order valence-electron chi connectivity index (χ4n) is 2.23. The first-order valence-corrected chi connectivity index (χ1v) is 7.87. The minimum absolute atomic E-state index is 0.399. The molecule has 0 saturated heterocycles. The molecule has 0 unspecified atom stereocenters. The molecule has 0 amide bonds. The van der Waals surface area contributed by atoms with Gasteiger partial charge in [-0.1, -0.05) is 44.8 Å². The van der Waals surface area contributed by atoms with E-state index in [1.165, 1.54) is 37.7 Å². The van der Waals surface area contributed by atoms with E-state index in [0.29, 0.717) is 11.5 Å². The number of methoxy groups -OCH3 is 1. The number of hydrogen-bond donors (Lipinski definition) is 0. The van der Waals surface area contributed by atoms with Crippen LogP contribution in [-0.4, -0.2) is 13.2 Å². The fraction of sp³-hybridized carbons (Fsp3) is 0.789. The molecule has 1 atom stereocenters. The van der Waals surface area contributed by atoms with Gasteiger partial charge in [0.05, 0.1) is 6.10 Å². The maximum atomic E-state index is 5.10. The number of terminal acetylenes is 1. The maximum absolute atomic E-state index is 5.10. The van der Waals surface area contributed by atoms with Crippen molar-refractivity contribution in [3.63, 3.8) is 0 Å². The Hall–Kier alpha value is -0.740. The Morgan fingerprint density at radius 2 is 1.65 bits per heavy atom. The van der Waals surface area contributed by atoms with E-state index in [-0.39, 0.29) is 0 Å². The third kappa shape index (κ3) is 15.3. The van der Waals surface area contributed by atoms with E-state index in [4.69, 9.17) is 4.74 Å². The van der Waals surface area contributed by atoms with Gasteiger partial charge in [-0.05, 0) is 51.9 Å². The van der Waals surface area contributed by atoms with Crippen molar-refractivity contribution in [1.29, 1.82) is 0 Å². The molecule has 1 saturated carbocycles. The molecule has 0 heterocycles. The van der Waals surface area contributed by atoms with Gasteiger partial charge in [-0.15, -0.1) is 12.8 Å². The maximum Gasteiger partial charge on any atom is 0.0546 e. The minimum Gasteiger partial charge on any atom is -0.382 e. The van der Waals surface area contributed by atoms with Crippen molar-refractivity contribution < 1.29 is 4.74 Å². The van der Waals surface area contributed by atoms with Crippen LogP contribution in [0.3, 0.4) is 0 Å². The molecule has 0 bridgehead atoms. The summed E-state index contributed by atoms with van der Waals surface area (Å²) in [5.41, 5.74) is 2.07. The lowest BCUT2D eigenvalue weighted by Crippen LogP contribution is -2.14. The molecule has 0 radical (unpaired) electrons. The van der Waals surface area contributed by atoms with Gasteiger partial charge >= 0.3 is 0 Å². The zero-order valence-electron chi connectivity index (χ0n) is 14.7. The summed E-state index contributed by atoms with van der Waals surface area (Å²) in [6.07, 6.45) is 20.2. The molecule has 0 aromatic carbocycles. The van der Waals surface area contributed by atoms with Crippen LogP contribution in [0, 0.1) is 18.3 Å².